The summed E-state index contributed by atoms with van der Waals surface area (Å²) >= 11 is 0. The summed E-state index contributed by atoms with van der Waals surface area (Å²) in [6, 6.07) is 3.03. The molecule has 1 aromatic rings. The lowest BCUT2D eigenvalue weighted by molar-refractivity contribution is -0.134. The van der Waals surface area contributed by atoms with Crippen molar-refractivity contribution < 1.29 is 27.4 Å². The second-order valence-corrected chi connectivity index (χ2v) is 5.17. The zero-order valence-electron chi connectivity index (χ0n) is 9.01. The Balaban J connectivity index is 3.09. The lowest BCUT2D eigenvalue weighted by atomic mass is 10.3. The molecule has 0 saturated carbocycles. The summed E-state index contributed by atoms with van der Waals surface area (Å²) in [5, 5.41) is 8.42. The van der Waals surface area contributed by atoms with Gasteiger partial charge < -0.3 is 9.84 Å². The minimum Gasteiger partial charge on any atom is -0.491 e. The first-order valence-electron chi connectivity index (χ1n) is 4.73. The van der Waals surface area contributed by atoms with Crippen LogP contribution in [0.15, 0.2) is 23.1 Å². The van der Waals surface area contributed by atoms with E-state index in [0.29, 0.717) is 0 Å². The van der Waals surface area contributed by atoms with E-state index in [4.69, 9.17) is 9.84 Å². The van der Waals surface area contributed by atoms with Gasteiger partial charge in [-0.2, -0.15) is 0 Å². The van der Waals surface area contributed by atoms with E-state index >= 15 is 0 Å². The molecule has 5 nitrogen and oxygen atoms in total. The molecule has 0 unspecified atom stereocenters. The molecule has 0 bridgehead atoms. The van der Waals surface area contributed by atoms with Crippen LogP contribution in [0.2, 0.25) is 0 Å². The van der Waals surface area contributed by atoms with E-state index in [-0.39, 0.29) is 17.3 Å². The maximum absolute atomic E-state index is 13.4. The third-order valence-corrected chi connectivity index (χ3v) is 3.47. The van der Waals surface area contributed by atoms with Gasteiger partial charge in [-0.25, -0.2) is 12.8 Å². The molecule has 0 atom stereocenters. The predicted octanol–water partition coefficient (Wildman–Crippen LogP) is 1.08. The van der Waals surface area contributed by atoms with Crippen molar-refractivity contribution >= 4 is 15.8 Å². The maximum Gasteiger partial charge on any atom is 0.319 e. The van der Waals surface area contributed by atoms with E-state index in [1.807, 2.05) is 0 Å². The Hall–Kier alpha value is -1.63. The van der Waals surface area contributed by atoms with Gasteiger partial charge in [0.05, 0.1) is 11.5 Å². The Labute approximate surface area is 97.8 Å². The van der Waals surface area contributed by atoms with Crippen LogP contribution in [0.3, 0.4) is 0 Å². The highest BCUT2D eigenvalue weighted by atomic mass is 32.2. The Kier molecular flexibility index (Phi) is 4.06. The molecule has 0 amide bonds. The van der Waals surface area contributed by atoms with E-state index in [1.165, 1.54) is 0 Å². The molecule has 94 valence electrons. The van der Waals surface area contributed by atoms with E-state index in [9.17, 15) is 17.6 Å². The summed E-state index contributed by atoms with van der Waals surface area (Å²) in [7, 11) is -4.01. The molecular weight excluding hydrogens is 251 g/mol. The Morgan fingerprint density at radius 2 is 2.12 bits per heavy atom. The van der Waals surface area contributed by atoms with Crippen LogP contribution in [-0.4, -0.2) is 31.9 Å². The summed E-state index contributed by atoms with van der Waals surface area (Å²) in [5.74, 6) is -3.46. The number of hydrogen-bond acceptors (Lipinski definition) is 4. The summed E-state index contributed by atoms with van der Waals surface area (Å²) in [6.45, 7) is 1.91. The van der Waals surface area contributed by atoms with Crippen molar-refractivity contribution in [3.63, 3.8) is 0 Å². The molecule has 0 saturated heterocycles. The predicted molar refractivity (Wildman–Crippen MR) is 57.3 cm³/mol. The number of halogens is 1. The van der Waals surface area contributed by atoms with Crippen molar-refractivity contribution in [2.45, 2.75) is 11.8 Å². The Morgan fingerprint density at radius 3 is 2.59 bits per heavy atom. The SMILES string of the molecule is CCOc1ccc(S(=O)(=O)CC(=O)O)cc1F. The second kappa shape index (κ2) is 5.13. The number of carboxylic acids is 1. The molecular formula is C10H11FO5S. The quantitative estimate of drug-likeness (QED) is 0.858. The standard InChI is InChI=1S/C10H11FO5S/c1-2-16-9-4-3-7(5-8(9)11)17(14,15)6-10(12)13/h3-5H,2,6H2,1H3,(H,12,13). The molecule has 0 heterocycles. The molecule has 17 heavy (non-hydrogen) atoms. The van der Waals surface area contributed by atoms with E-state index < -0.39 is 27.4 Å². The molecule has 0 spiro atoms. The van der Waals surface area contributed by atoms with Gasteiger partial charge in [0, 0.05) is 0 Å². The van der Waals surface area contributed by atoms with E-state index in [0.717, 1.165) is 18.2 Å². The smallest absolute Gasteiger partial charge is 0.319 e. The van der Waals surface area contributed by atoms with Gasteiger partial charge >= 0.3 is 5.97 Å². The van der Waals surface area contributed by atoms with Gasteiger partial charge in [0.1, 0.15) is 0 Å². The van der Waals surface area contributed by atoms with Gasteiger partial charge in [-0.1, -0.05) is 0 Å². The van der Waals surface area contributed by atoms with Crippen molar-refractivity contribution in [2.75, 3.05) is 12.4 Å². The molecule has 0 aromatic heterocycles. The lowest BCUT2D eigenvalue weighted by Gasteiger charge is -2.06. The fourth-order valence-electron chi connectivity index (χ4n) is 1.19. The van der Waals surface area contributed by atoms with Crippen molar-refractivity contribution in [1.82, 2.24) is 0 Å². The van der Waals surface area contributed by atoms with Gasteiger partial charge in [-0.05, 0) is 25.1 Å². The number of hydrogen-bond donors (Lipinski definition) is 1. The fraction of sp³-hybridized carbons (Fsp3) is 0.300. The highest BCUT2D eigenvalue weighted by Gasteiger charge is 2.20. The average Bonchev–Trinajstić information content (AvgIpc) is 2.19. The van der Waals surface area contributed by atoms with Crippen LogP contribution in [0.1, 0.15) is 6.92 Å². The minimum atomic E-state index is -4.01. The van der Waals surface area contributed by atoms with E-state index in [2.05, 4.69) is 0 Å². The van der Waals surface area contributed by atoms with Gasteiger partial charge in [0.15, 0.2) is 27.2 Å². The number of carbonyl (C=O) groups is 1. The molecule has 7 heteroatoms. The minimum absolute atomic E-state index is 0.0678. The summed E-state index contributed by atoms with van der Waals surface area (Å²) < 4.78 is 41.2. The highest BCUT2D eigenvalue weighted by molar-refractivity contribution is 7.92. The average molecular weight is 262 g/mol. The number of sulfone groups is 1. The maximum atomic E-state index is 13.4. The summed E-state index contributed by atoms with van der Waals surface area (Å²) in [4.78, 5) is 9.97. The first-order valence-corrected chi connectivity index (χ1v) is 6.39. The lowest BCUT2D eigenvalue weighted by Crippen LogP contribution is -2.15. The third kappa shape index (κ3) is 3.42. The van der Waals surface area contributed by atoms with Gasteiger partial charge in [-0.3, -0.25) is 4.79 Å². The Bertz CT molecular complexity index is 523. The van der Waals surface area contributed by atoms with Crippen LogP contribution in [0, 0.1) is 5.82 Å². The Morgan fingerprint density at radius 1 is 1.47 bits per heavy atom. The van der Waals surface area contributed by atoms with E-state index in [1.54, 1.807) is 6.92 Å². The van der Waals surface area contributed by atoms with Crippen LogP contribution in [0.25, 0.3) is 0 Å². The zero-order chi connectivity index (χ0) is 13.1. The van der Waals surface area contributed by atoms with Gasteiger partial charge in [0.25, 0.3) is 0 Å². The molecule has 1 aromatic carbocycles. The van der Waals surface area contributed by atoms with Crippen LogP contribution in [0.5, 0.6) is 5.75 Å². The normalized spacial score (nSPS) is 11.2. The van der Waals surface area contributed by atoms with Crippen LogP contribution >= 0.6 is 0 Å². The first kappa shape index (κ1) is 13.4. The van der Waals surface area contributed by atoms with Crippen molar-refractivity contribution in [2.24, 2.45) is 0 Å². The fourth-order valence-corrected chi connectivity index (χ4v) is 2.24. The number of carboxylic acid groups (broad SMARTS) is 1. The summed E-state index contributed by atoms with van der Waals surface area (Å²) in [5.41, 5.74) is 0. The molecule has 0 fully saturated rings. The molecule has 0 aliphatic carbocycles. The zero-order valence-corrected chi connectivity index (χ0v) is 9.83. The van der Waals surface area contributed by atoms with Crippen molar-refractivity contribution in [1.29, 1.82) is 0 Å². The number of rotatable bonds is 5. The molecule has 0 aliphatic rings. The van der Waals surface area contributed by atoms with Crippen LogP contribution in [-0.2, 0) is 14.6 Å². The second-order valence-electron chi connectivity index (χ2n) is 3.18. The molecule has 1 rings (SSSR count). The molecule has 0 aliphatic heterocycles. The largest absolute Gasteiger partial charge is 0.491 e. The number of ether oxygens (including phenoxy) is 1. The topological polar surface area (TPSA) is 80.7 Å². The third-order valence-electron chi connectivity index (χ3n) is 1.88. The van der Waals surface area contributed by atoms with Gasteiger partial charge in [0.2, 0.25) is 0 Å². The molecule has 1 N–H and O–H groups in total. The highest BCUT2D eigenvalue weighted by Crippen LogP contribution is 2.21. The first-order chi connectivity index (χ1) is 7.86. The van der Waals surface area contributed by atoms with Crippen LogP contribution < -0.4 is 4.74 Å². The van der Waals surface area contributed by atoms with Crippen LogP contribution in [0.4, 0.5) is 4.39 Å². The number of benzene rings is 1. The van der Waals surface area contributed by atoms with Crippen molar-refractivity contribution in [3.8, 4) is 5.75 Å². The van der Waals surface area contributed by atoms with Gasteiger partial charge in [-0.15, -0.1) is 0 Å². The summed E-state index contributed by atoms with van der Waals surface area (Å²) in [6.07, 6.45) is 0. The monoisotopic (exact) mass is 262 g/mol. The van der Waals surface area contributed by atoms with Crippen molar-refractivity contribution in [3.05, 3.63) is 24.0 Å². The number of aliphatic carboxylic acids is 1. The molecule has 0 radical (unpaired) electrons.